The Morgan fingerprint density at radius 1 is 1.41 bits per heavy atom. The van der Waals surface area contributed by atoms with Crippen molar-refractivity contribution in [1.82, 2.24) is 10.6 Å². The van der Waals surface area contributed by atoms with Gasteiger partial charge in [0.1, 0.15) is 24.2 Å². The van der Waals surface area contributed by atoms with Gasteiger partial charge in [0.05, 0.1) is 0 Å². The van der Waals surface area contributed by atoms with Crippen molar-refractivity contribution in [2.45, 2.75) is 13.0 Å². The number of amides is 1. The van der Waals surface area contributed by atoms with Gasteiger partial charge in [0.25, 0.3) is 5.91 Å². The first-order valence-electron chi connectivity index (χ1n) is 4.47. The second-order valence-corrected chi connectivity index (χ2v) is 2.98. The molecule has 1 atom stereocenters. The van der Waals surface area contributed by atoms with E-state index in [1.807, 2.05) is 0 Å². The number of aliphatic carboxylic acids is 2. The summed E-state index contributed by atoms with van der Waals surface area (Å²) in [5.41, 5.74) is -0.403. The lowest BCUT2D eigenvalue weighted by Crippen LogP contribution is -2.39. The van der Waals surface area contributed by atoms with E-state index in [0.717, 1.165) is 6.20 Å². The highest BCUT2D eigenvalue weighted by molar-refractivity contribution is 5.99. The van der Waals surface area contributed by atoms with Gasteiger partial charge in [-0.25, -0.2) is 0 Å². The van der Waals surface area contributed by atoms with Crippen LogP contribution >= 0.6 is 0 Å². The van der Waals surface area contributed by atoms with Crippen LogP contribution in [-0.2, 0) is 14.4 Å². The molecule has 0 heterocycles. The summed E-state index contributed by atoms with van der Waals surface area (Å²) >= 11 is 0. The first kappa shape index (κ1) is 14.4. The van der Waals surface area contributed by atoms with Gasteiger partial charge in [-0.2, -0.15) is 5.26 Å². The maximum Gasteiger partial charge on any atom is 0.325 e. The van der Waals surface area contributed by atoms with E-state index >= 15 is 0 Å². The molecule has 0 saturated heterocycles. The first-order chi connectivity index (χ1) is 7.88. The molecule has 0 aliphatic heterocycles. The topological polar surface area (TPSA) is 140 Å². The molecule has 0 bridgehead atoms. The highest BCUT2D eigenvalue weighted by Gasteiger charge is 2.16. The molecule has 0 spiro atoms. The van der Waals surface area contributed by atoms with E-state index in [1.54, 1.807) is 0 Å². The van der Waals surface area contributed by atoms with E-state index in [0.29, 0.717) is 0 Å². The third-order valence-corrected chi connectivity index (χ3v) is 1.58. The quantitative estimate of drug-likeness (QED) is 0.333. The number of rotatable bonds is 6. The van der Waals surface area contributed by atoms with Gasteiger partial charge in [-0.1, -0.05) is 0 Å². The van der Waals surface area contributed by atoms with Crippen LogP contribution in [0.4, 0.5) is 0 Å². The monoisotopic (exact) mass is 241 g/mol. The van der Waals surface area contributed by atoms with Crippen LogP contribution in [0.15, 0.2) is 11.8 Å². The molecule has 8 nitrogen and oxygen atoms in total. The van der Waals surface area contributed by atoms with Gasteiger partial charge in [0.2, 0.25) is 0 Å². The molecule has 0 aliphatic rings. The minimum atomic E-state index is -1.24. The Bertz CT molecular complexity index is 396. The van der Waals surface area contributed by atoms with E-state index in [9.17, 15) is 14.4 Å². The van der Waals surface area contributed by atoms with E-state index in [2.05, 4.69) is 10.6 Å². The third-order valence-electron chi connectivity index (χ3n) is 1.58. The molecule has 0 aromatic heterocycles. The molecule has 8 heteroatoms. The summed E-state index contributed by atoms with van der Waals surface area (Å²) in [7, 11) is 0. The summed E-state index contributed by atoms with van der Waals surface area (Å²) in [6.07, 6.45) is 0.915. The molecule has 0 radical (unpaired) electrons. The van der Waals surface area contributed by atoms with Crippen LogP contribution in [0.25, 0.3) is 0 Å². The van der Waals surface area contributed by atoms with Crippen LogP contribution in [-0.4, -0.2) is 40.6 Å². The molecule has 0 aromatic carbocycles. The van der Waals surface area contributed by atoms with Crippen molar-refractivity contribution in [2.75, 3.05) is 6.54 Å². The van der Waals surface area contributed by atoms with Gasteiger partial charge >= 0.3 is 11.9 Å². The van der Waals surface area contributed by atoms with Gasteiger partial charge in [0.15, 0.2) is 0 Å². The number of carbonyl (C=O) groups excluding carboxylic acids is 1. The molecule has 0 aliphatic carbocycles. The van der Waals surface area contributed by atoms with Crippen molar-refractivity contribution in [2.24, 2.45) is 0 Å². The van der Waals surface area contributed by atoms with Crippen LogP contribution in [0.1, 0.15) is 6.92 Å². The summed E-state index contributed by atoms with van der Waals surface area (Å²) < 4.78 is 0. The molecule has 4 N–H and O–H groups in total. The van der Waals surface area contributed by atoms with Crippen molar-refractivity contribution in [3.8, 4) is 6.07 Å². The molecule has 1 unspecified atom stereocenters. The van der Waals surface area contributed by atoms with Crippen LogP contribution in [0.3, 0.4) is 0 Å². The van der Waals surface area contributed by atoms with E-state index in [-0.39, 0.29) is 0 Å². The van der Waals surface area contributed by atoms with Crippen LogP contribution < -0.4 is 10.6 Å². The van der Waals surface area contributed by atoms with Gasteiger partial charge in [-0.15, -0.1) is 0 Å². The Hall–Kier alpha value is -2.56. The smallest absolute Gasteiger partial charge is 0.325 e. The van der Waals surface area contributed by atoms with E-state index in [4.69, 9.17) is 15.5 Å². The lowest BCUT2D eigenvalue weighted by Gasteiger charge is -2.08. The molecule has 17 heavy (non-hydrogen) atoms. The SMILES string of the molecule is CC(NC(=O)/C(C#N)=C\NCC(=O)O)C(=O)O. The zero-order valence-corrected chi connectivity index (χ0v) is 8.93. The average molecular weight is 241 g/mol. The number of carbonyl (C=O) groups is 3. The third kappa shape index (κ3) is 5.78. The number of hydrogen-bond donors (Lipinski definition) is 4. The summed E-state index contributed by atoms with van der Waals surface area (Å²) in [6.45, 7) is 0.785. The van der Waals surface area contributed by atoms with Crippen LogP contribution in [0.5, 0.6) is 0 Å². The molecule has 92 valence electrons. The molecule has 0 aromatic rings. The first-order valence-corrected chi connectivity index (χ1v) is 4.47. The molecule has 1 amide bonds. The standard InChI is InChI=1S/C9H11N3O5/c1-5(9(16)17)12-8(15)6(2-10)3-11-4-7(13)14/h3,5,11H,4H2,1H3,(H,12,15)(H,13,14)(H,16,17)/b6-3-. The second kappa shape index (κ2) is 6.84. The maximum atomic E-state index is 11.3. The zero-order valence-electron chi connectivity index (χ0n) is 8.93. The maximum absolute atomic E-state index is 11.3. The summed E-state index contributed by atoms with van der Waals surface area (Å²) in [4.78, 5) is 31.9. The predicted octanol–water partition coefficient (Wildman–Crippen LogP) is -1.34. The molecular weight excluding hydrogens is 230 g/mol. The van der Waals surface area contributed by atoms with Crippen LogP contribution in [0.2, 0.25) is 0 Å². The van der Waals surface area contributed by atoms with Crippen molar-refractivity contribution in [3.63, 3.8) is 0 Å². The second-order valence-electron chi connectivity index (χ2n) is 2.98. The Kier molecular flexibility index (Phi) is 5.81. The molecular formula is C9H11N3O5. The highest BCUT2D eigenvalue weighted by atomic mass is 16.4. The molecule has 0 rings (SSSR count). The van der Waals surface area contributed by atoms with E-state index < -0.39 is 36.0 Å². The summed E-state index contributed by atoms with van der Waals surface area (Å²) in [6, 6.07) is 0.380. The van der Waals surface area contributed by atoms with Crippen molar-refractivity contribution in [3.05, 3.63) is 11.8 Å². The van der Waals surface area contributed by atoms with E-state index in [1.165, 1.54) is 13.0 Å². The Labute approximate surface area is 96.5 Å². The number of hydrogen-bond acceptors (Lipinski definition) is 5. The summed E-state index contributed by atoms with van der Waals surface area (Å²) in [5.74, 6) is -3.28. The predicted molar refractivity (Wildman–Crippen MR) is 54.6 cm³/mol. The highest BCUT2D eigenvalue weighted by Crippen LogP contribution is 1.92. The fourth-order valence-electron chi connectivity index (χ4n) is 0.725. The van der Waals surface area contributed by atoms with Crippen LogP contribution in [0, 0.1) is 11.3 Å². The Morgan fingerprint density at radius 3 is 2.41 bits per heavy atom. The fourth-order valence-corrected chi connectivity index (χ4v) is 0.725. The Morgan fingerprint density at radius 2 is 2.00 bits per heavy atom. The molecule has 0 fully saturated rings. The lowest BCUT2D eigenvalue weighted by atomic mass is 10.2. The van der Waals surface area contributed by atoms with Crippen molar-refractivity contribution in [1.29, 1.82) is 5.26 Å². The Balaban J connectivity index is 4.46. The number of nitrogens with zero attached hydrogens (tertiary/aromatic N) is 1. The van der Waals surface area contributed by atoms with Gasteiger partial charge in [-0.3, -0.25) is 14.4 Å². The van der Waals surface area contributed by atoms with Crippen molar-refractivity contribution >= 4 is 17.8 Å². The van der Waals surface area contributed by atoms with Gasteiger partial charge < -0.3 is 20.8 Å². The molecule has 0 saturated carbocycles. The lowest BCUT2D eigenvalue weighted by molar-refractivity contribution is -0.140. The van der Waals surface area contributed by atoms with Gasteiger partial charge in [-0.05, 0) is 6.92 Å². The zero-order chi connectivity index (χ0) is 13.4. The normalized spacial score (nSPS) is 12.1. The number of carboxylic acids is 2. The minimum Gasteiger partial charge on any atom is -0.480 e. The van der Waals surface area contributed by atoms with Crippen molar-refractivity contribution < 1.29 is 24.6 Å². The summed E-state index contributed by atoms with van der Waals surface area (Å²) in [5, 5.41) is 29.7. The largest absolute Gasteiger partial charge is 0.480 e. The van der Waals surface area contributed by atoms with Gasteiger partial charge in [0, 0.05) is 6.20 Å². The number of carboxylic acid groups (broad SMARTS) is 2. The fraction of sp³-hybridized carbons (Fsp3) is 0.333. The number of nitriles is 1. The minimum absolute atomic E-state index is 0.403. The number of nitrogens with one attached hydrogen (secondary N) is 2. The average Bonchev–Trinajstić information content (AvgIpc) is 2.23.